The van der Waals surface area contributed by atoms with Crippen molar-refractivity contribution in [3.63, 3.8) is 0 Å². The largest absolute Gasteiger partial charge is 0.494 e. The van der Waals surface area contributed by atoms with Crippen LogP contribution in [0.4, 0.5) is 0 Å². The van der Waals surface area contributed by atoms with Crippen LogP contribution in [0.5, 0.6) is 5.75 Å². The van der Waals surface area contributed by atoms with Crippen LogP contribution in [-0.2, 0) is 19.1 Å². The van der Waals surface area contributed by atoms with E-state index in [9.17, 15) is 14.4 Å². The molecule has 0 aliphatic heterocycles. The van der Waals surface area contributed by atoms with Crippen molar-refractivity contribution in [1.82, 2.24) is 0 Å². The van der Waals surface area contributed by atoms with E-state index in [0.29, 0.717) is 30.8 Å². The van der Waals surface area contributed by atoms with Gasteiger partial charge in [-0.25, -0.2) is 9.59 Å². The Bertz CT molecular complexity index is 451. The number of methoxy groups -OCH3 is 1. The van der Waals surface area contributed by atoms with E-state index in [1.165, 1.54) is 7.11 Å². The third-order valence-corrected chi connectivity index (χ3v) is 2.42. The van der Waals surface area contributed by atoms with Crippen LogP contribution in [0.25, 0.3) is 0 Å². The Balaban J connectivity index is 2.20. The average Bonchev–Trinajstić information content (AvgIpc) is 2.50. The summed E-state index contributed by atoms with van der Waals surface area (Å²) >= 11 is 0. The van der Waals surface area contributed by atoms with Crippen LogP contribution in [0.2, 0.25) is 0 Å². The smallest absolute Gasteiger partial charge is 0.371 e. The molecule has 1 aromatic rings. The highest BCUT2D eigenvalue weighted by molar-refractivity contribution is 6.20. The van der Waals surface area contributed by atoms with Crippen molar-refractivity contribution in [2.24, 2.45) is 0 Å². The molecule has 0 aromatic heterocycles. The summed E-state index contributed by atoms with van der Waals surface area (Å²) in [4.78, 5) is 31.7. The fourth-order valence-corrected chi connectivity index (χ4v) is 1.41. The second-order valence-electron chi connectivity index (χ2n) is 3.86. The highest BCUT2D eigenvalue weighted by Crippen LogP contribution is 2.13. The van der Waals surface area contributed by atoms with Gasteiger partial charge in [-0.05, 0) is 37.1 Å². The van der Waals surface area contributed by atoms with Crippen LogP contribution >= 0.6 is 0 Å². The summed E-state index contributed by atoms with van der Waals surface area (Å²) in [7, 11) is 1.32. The van der Waals surface area contributed by atoms with E-state index in [0.717, 1.165) is 0 Å². The lowest BCUT2D eigenvalue weighted by Crippen LogP contribution is -2.07. The van der Waals surface area contributed by atoms with Crippen LogP contribution < -0.4 is 4.74 Å². The van der Waals surface area contributed by atoms with E-state index in [1.807, 2.05) is 0 Å². The van der Waals surface area contributed by atoms with Gasteiger partial charge >= 0.3 is 11.9 Å². The molecular formula is C14H16O6. The molecule has 0 spiro atoms. The third kappa shape index (κ3) is 5.51. The van der Waals surface area contributed by atoms with Gasteiger partial charge in [-0.2, -0.15) is 0 Å². The van der Waals surface area contributed by atoms with Crippen LogP contribution in [0, 0.1) is 0 Å². The Morgan fingerprint density at radius 3 is 2.35 bits per heavy atom. The molecule has 1 aromatic carbocycles. The molecular weight excluding hydrogens is 264 g/mol. The fraction of sp³-hybridized carbons (Fsp3) is 0.357. The second kappa shape index (κ2) is 8.68. The van der Waals surface area contributed by atoms with Gasteiger partial charge < -0.3 is 14.2 Å². The van der Waals surface area contributed by atoms with Crippen molar-refractivity contribution >= 4 is 18.2 Å². The Kier molecular flexibility index (Phi) is 6.81. The molecule has 0 saturated heterocycles. The Labute approximate surface area is 116 Å². The topological polar surface area (TPSA) is 78.9 Å². The molecule has 0 heterocycles. The van der Waals surface area contributed by atoms with Crippen molar-refractivity contribution in [3.8, 4) is 5.75 Å². The zero-order chi connectivity index (χ0) is 14.8. The minimum atomic E-state index is -0.857. The quantitative estimate of drug-likeness (QED) is 0.310. The number of ether oxygens (including phenoxy) is 3. The van der Waals surface area contributed by atoms with Crippen molar-refractivity contribution < 1.29 is 28.6 Å². The second-order valence-corrected chi connectivity index (χ2v) is 3.86. The minimum Gasteiger partial charge on any atom is -0.494 e. The van der Waals surface area contributed by atoms with Crippen LogP contribution in [-0.4, -0.2) is 38.5 Å². The number of carbonyl (C=O) groups is 3. The van der Waals surface area contributed by atoms with Crippen molar-refractivity contribution in [2.75, 3.05) is 20.3 Å². The summed E-state index contributed by atoms with van der Waals surface area (Å²) in [6, 6.07) is 6.59. The van der Waals surface area contributed by atoms with Crippen molar-refractivity contribution in [1.29, 1.82) is 0 Å². The van der Waals surface area contributed by atoms with E-state index >= 15 is 0 Å². The van der Waals surface area contributed by atoms with Crippen LogP contribution in [0.15, 0.2) is 24.3 Å². The van der Waals surface area contributed by atoms with Gasteiger partial charge in [0.2, 0.25) is 6.29 Å². The molecule has 6 heteroatoms. The Morgan fingerprint density at radius 2 is 1.75 bits per heavy atom. The maximum atomic E-state index is 11.2. The number of benzene rings is 1. The standard InChI is InChI=1S/C14H16O6/c1-18-14(17)11-4-6-12(7-5-11)19-8-2-3-9-20-13(16)10-15/h4-7,10H,2-3,8-9H2,1H3. The molecule has 0 aliphatic carbocycles. The normalized spacial score (nSPS) is 9.65. The first kappa shape index (κ1) is 15.7. The number of aldehydes is 1. The first-order valence-corrected chi connectivity index (χ1v) is 6.10. The molecule has 0 aliphatic rings. The van der Waals surface area contributed by atoms with Gasteiger partial charge in [-0.15, -0.1) is 0 Å². The fourth-order valence-electron chi connectivity index (χ4n) is 1.41. The summed E-state index contributed by atoms with van der Waals surface area (Å²) in [5.41, 5.74) is 0.459. The molecule has 0 saturated carbocycles. The Hall–Kier alpha value is -2.37. The lowest BCUT2D eigenvalue weighted by molar-refractivity contribution is -0.148. The van der Waals surface area contributed by atoms with Gasteiger partial charge in [-0.3, -0.25) is 4.79 Å². The monoisotopic (exact) mass is 280 g/mol. The first-order chi connectivity index (χ1) is 9.67. The molecule has 0 amide bonds. The Morgan fingerprint density at radius 1 is 1.10 bits per heavy atom. The molecule has 0 radical (unpaired) electrons. The predicted octanol–water partition coefficient (Wildman–Crippen LogP) is 1.37. The molecule has 108 valence electrons. The van der Waals surface area contributed by atoms with Gasteiger partial charge in [0.05, 0.1) is 25.9 Å². The molecule has 0 N–H and O–H groups in total. The summed E-state index contributed by atoms with van der Waals surface area (Å²) in [6.45, 7) is 0.651. The average molecular weight is 280 g/mol. The van der Waals surface area contributed by atoms with Crippen molar-refractivity contribution in [2.45, 2.75) is 12.8 Å². The van der Waals surface area contributed by atoms with E-state index in [1.54, 1.807) is 24.3 Å². The van der Waals surface area contributed by atoms with Gasteiger partial charge in [-0.1, -0.05) is 0 Å². The number of unbranched alkanes of at least 4 members (excludes halogenated alkanes) is 1. The van der Waals surface area contributed by atoms with E-state index in [-0.39, 0.29) is 12.9 Å². The zero-order valence-corrected chi connectivity index (χ0v) is 11.2. The minimum absolute atomic E-state index is 0.138. The number of esters is 2. The zero-order valence-electron chi connectivity index (χ0n) is 11.2. The highest BCUT2D eigenvalue weighted by atomic mass is 16.5. The lowest BCUT2D eigenvalue weighted by atomic mass is 10.2. The van der Waals surface area contributed by atoms with Crippen molar-refractivity contribution in [3.05, 3.63) is 29.8 Å². The van der Waals surface area contributed by atoms with Gasteiger partial charge in [0.25, 0.3) is 0 Å². The third-order valence-electron chi connectivity index (χ3n) is 2.42. The van der Waals surface area contributed by atoms with Gasteiger partial charge in [0, 0.05) is 0 Å². The van der Waals surface area contributed by atoms with E-state index in [2.05, 4.69) is 9.47 Å². The van der Waals surface area contributed by atoms with Gasteiger partial charge in [0.15, 0.2) is 0 Å². The maximum Gasteiger partial charge on any atom is 0.371 e. The predicted molar refractivity (Wildman–Crippen MR) is 69.5 cm³/mol. The molecule has 0 unspecified atom stereocenters. The lowest BCUT2D eigenvalue weighted by Gasteiger charge is -2.06. The van der Waals surface area contributed by atoms with Gasteiger partial charge in [0.1, 0.15) is 5.75 Å². The highest BCUT2D eigenvalue weighted by Gasteiger charge is 2.04. The molecule has 20 heavy (non-hydrogen) atoms. The number of carbonyl (C=O) groups excluding carboxylic acids is 3. The van der Waals surface area contributed by atoms with E-state index < -0.39 is 11.9 Å². The molecule has 0 fully saturated rings. The maximum absolute atomic E-state index is 11.2. The number of hydrogen-bond donors (Lipinski definition) is 0. The number of hydrogen-bond acceptors (Lipinski definition) is 6. The SMILES string of the molecule is COC(=O)c1ccc(OCCCCOC(=O)C=O)cc1. The van der Waals surface area contributed by atoms with Crippen LogP contribution in [0.3, 0.4) is 0 Å². The molecule has 0 bridgehead atoms. The number of rotatable bonds is 8. The molecule has 6 nitrogen and oxygen atoms in total. The van der Waals surface area contributed by atoms with E-state index in [4.69, 9.17) is 4.74 Å². The molecule has 1 rings (SSSR count). The summed E-state index contributed by atoms with van der Waals surface area (Å²) in [5.74, 6) is -0.611. The first-order valence-electron chi connectivity index (χ1n) is 6.10. The molecule has 0 atom stereocenters. The summed E-state index contributed by atoms with van der Waals surface area (Å²) in [5, 5.41) is 0. The summed E-state index contributed by atoms with van der Waals surface area (Å²) < 4.78 is 14.6. The summed E-state index contributed by atoms with van der Waals surface area (Å²) in [6.07, 6.45) is 1.43. The van der Waals surface area contributed by atoms with Crippen LogP contribution in [0.1, 0.15) is 23.2 Å².